The standard InChI is InChI=1S/C17H24O4/c1-10(2)6-7-13-16(4,21-13)15-14(19-5)12(18)8-11(3)17(15)9-20-17/h6,8,13-15H,7,9H2,1-5H3. The summed E-state index contributed by atoms with van der Waals surface area (Å²) in [7, 11) is 1.59. The predicted octanol–water partition coefficient (Wildman–Crippen LogP) is 2.43. The molecule has 5 unspecified atom stereocenters. The molecule has 0 saturated carbocycles. The molecule has 4 nitrogen and oxygen atoms in total. The van der Waals surface area contributed by atoms with Crippen LogP contribution in [0.5, 0.6) is 0 Å². The highest BCUT2D eigenvalue weighted by atomic mass is 16.6. The van der Waals surface area contributed by atoms with Gasteiger partial charge >= 0.3 is 0 Å². The number of methoxy groups -OCH3 is 1. The maximum atomic E-state index is 12.3. The van der Waals surface area contributed by atoms with E-state index in [9.17, 15) is 4.79 Å². The summed E-state index contributed by atoms with van der Waals surface area (Å²) in [5, 5.41) is 0. The largest absolute Gasteiger partial charge is 0.373 e. The van der Waals surface area contributed by atoms with Gasteiger partial charge in [-0.1, -0.05) is 11.6 Å². The van der Waals surface area contributed by atoms with E-state index in [1.54, 1.807) is 13.2 Å². The van der Waals surface area contributed by atoms with Gasteiger partial charge in [0.1, 0.15) is 17.3 Å². The number of carbonyl (C=O) groups excluding carboxylic acids is 1. The topological polar surface area (TPSA) is 51.4 Å². The first kappa shape index (κ1) is 14.9. The second-order valence-electron chi connectivity index (χ2n) is 6.85. The Hall–Kier alpha value is -0.970. The Bertz CT molecular complexity index is 525. The van der Waals surface area contributed by atoms with Crippen molar-refractivity contribution in [3.8, 4) is 0 Å². The Labute approximate surface area is 126 Å². The van der Waals surface area contributed by atoms with Crippen LogP contribution in [0.1, 0.15) is 34.1 Å². The highest BCUT2D eigenvalue weighted by Crippen LogP contribution is 2.59. The number of hydrogen-bond acceptors (Lipinski definition) is 4. The number of ether oxygens (including phenoxy) is 3. The Balaban J connectivity index is 1.88. The minimum atomic E-state index is -0.474. The van der Waals surface area contributed by atoms with Crippen LogP contribution in [0.25, 0.3) is 0 Å². The van der Waals surface area contributed by atoms with E-state index in [0.29, 0.717) is 6.61 Å². The smallest absolute Gasteiger partial charge is 0.184 e. The van der Waals surface area contributed by atoms with Gasteiger partial charge in [0.2, 0.25) is 0 Å². The van der Waals surface area contributed by atoms with Gasteiger partial charge in [-0.05, 0) is 45.8 Å². The lowest BCUT2D eigenvalue weighted by molar-refractivity contribution is -0.132. The maximum Gasteiger partial charge on any atom is 0.184 e. The van der Waals surface area contributed by atoms with E-state index in [1.165, 1.54) is 5.57 Å². The first-order valence-electron chi connectivity index (χ1n) is 7.55. The van der Waals surface area contributed by atoms with Crippen LogP contribution in [-0.2, 0) is 19.0 Å². The van der Waals surface area contributed by atoms with E-state index in [1.807, 2.05) is 6.92 Å². The van der Waals surface area contributed by atoms with Crippen LogP contribution in [0.2, 0.25) is 0 Å². The first-order valence-corrected chi connectivity index (χ1v) is 7.55. The maximum absolute atomic E-state index is 12.3. The third kappa shape index (κ3) is 2.20. The summed E-state index contributed by atoms with van der Waals surface area (Å²) >= 11 is 0. The fraction of sp³-hybridized carbons (Fsp3) is 0.706. The van der Waals surface area contributed by atoms with Gasteiger partial charge < -0.3 is 14.2 Å². The zero-order chi connectivity index (χ0) is 15.4. The summed E-state index contributed by atoms with van der Waals surface area (Å²) in [6.45, 7) is 8.88. The van der Waals surface area contributed by atoms with Crippen LogP contribution in [0.15, 0.2) is 23.3 Å². The molecule has 3 rings (SSSR count). The van der Waals surface area contributed by atoms with Crippen LogP contribution in [0.4, 0.5) is 0 Å². The number of allylic oxidation sites excluding steroid dienone is 1. The van der Waals surface area contributed by atoms with Crippen molar-refractivity contribution < 1.29 is 19.0 Å². The van der Waals surface area contributed by atoms with Crippen LogP contribution in [0, 0.1) is 5.92 Å². The monoisotopic (exact) mass is 292 g/mol. The average Bonchev–Trinajstić information content (AvgIpc) is 3.30. The summed E-state index contributed by atoms with van der Waals surface area (Å²) in [4.78, 5) is 12.3. The van der Waals surface area contributed by atoms with E-state index in [0.717, 1.165) is 12.0 Å². The molecule has 1 spiro atoms. The Morgan fingerprint density at radius 1 is 1.52 bits per heavy atom. The van der Waals surface area contributed by atoms with Crippen molar-refractivity contribution in [2.75, 3.05) is 13.7 Å². The number of rotatable bonds is 4. The molecule has 0 aromatic rings. The Morgan fingerprint density at radius 2 is 2.19 bits per heavy atom. The summed E-state index contributed by atoms with van der Waals surface area (Å²) < 4.78 is 17.3. The fourth-order valence-corrected chi connectivity index (χ4v) is 3.74. The van der Waals surface area contributed by atoms with Crippen molar-refractivity contribution >= 4 is 5.78 Å². The quantitative estimate of drug-likeness (QED) is 0.590. The van der Waals surface area contributed by atoms with E-state index in [-0.39, 0.29) is 29.0 Å². The van der Waals surface area contributed by atoms with Crippen molar-refractivity contribution in [3.63, 3.8) is 0 Å². The molecule has 2 saturated heterocycles. The number of epoxide rings is 2. The lowest BCUT2D eigenvalue weighted by Gasteiger charge is -2.36. The molecule has 3 aliphatic rings. The van der Waals surface area contributed by atoms with Gasteiger partial charge in [0.05, 0.1) is 18.6 Å². The van der Waals surface area contributed by atoms with Crippen molar-refractivity contribution in [1.82, 2.24) is 0 Å². The Morgan fingerprint density at radius 3 is 2.71 bits per heavy atom. The second-order valence-corrected chi connectivity index (χ2v) is 6.85. The van der Waals surface area contributed by atoms with Gasteiger partial charge in [0.15, 0.2) is 5.78 Å². The molecule has 2 fully saturated rings. The summed E-state index contributed by atoms with van der Waals surface area (Å²) in [5.74, 6) is -0.0399. The van der Waals surface area contributed by atoms with Gasteiger partial charge in [-0.3, -0.25) is 4.79 Å². The minimum absolute atomic E-state index is 0.0267. The first-order chi connectivity index (χ1) is 9.85. The summed E-state index contributed by atoms with van der Waals surface area (Å²) in [5.41, 5.74) is 1.57. The van der Waals surface area contributed by atoms with E-state index >= 15 is 0 Å². The molecule has 0 amide bonds. The molecular weight excluding hydrogens is 268 g/mol. The zero-order valence-electron chi connectivity index (χ0n) is 13.4. The SMILES string of the molecule is COC1C(=O)C=C(C)C2(CO2)C1C1(C)OC1CC=C(C)C. The summed E-state index contributed by atoms with van der Waals surface area (Å²) in [6.07, 6.45) is 4.39. The molecule has 4 heteroatoms. The van der Waals surface area contributed by atoms with Crippen molar-refractivity contribution in [3.05, 3.63) is 23.3 Å². The van der Waals surface area contributed by atoms with Crippen LogP contribution in [-0.4, -0.2) is 42.9 Å². The molecular formula is C17H24O4. The Kier molecular flexibility index (Phi) is 3.39. The molecule has 0 aromatic carbocycles. The third-order valence-corrected chi connectivity index (χ3v) is 5.16. The highest BCUT2D eigenvalue weighted by Gasteiger charge is 2.72. The lowest BCUT2D eigenvalue weighted by Crippen LogP contribution is -2.52. The van der Waals surface area contributed by atoms with E-state index in [4.69, 9.17) is 14.2 Å². The molecule has 1 aliphatic carbocycles. The predicted molar refractivity (Wildman–Crippen MR) is 79.1 cm³/mol. The lowest BCUT2D eigenvalue weighted by atomic mass is 9.69. The third-order valence-electron chi connectivity index (χ3n) is 5.16. The van der Waals surface area contributed by atoms with Gasteiger partial charge in [0, 0.05) is 7.11 Å². The van der Waals surface area contributed by atoms with Crippen LogP contribution >= 0.6 is 0 Å². The second kappa shape index (κ2) is 4.77. The molecule has 0 bridgehead atoms. The van der Waals surface area contributed by atoms with Gasteiger partial charge in [-0.15, -0.1) is 0 Å². The minimum Gasteiger partial charge on any atom is -0.373 e. The van der Waals surface area contributed by atoms with Crippen molar-refractivity contribution in [2.45, 2.75) is 57.5 Å². The molecule has 0 aromatic heterocycles. The molecule has 116 valence electrons. The molecule has 21 heavy (non-hydrogen) atoms. The molecule has 0 radical (unpaired) electrons. The summed E-state index contributed by atoms with van der Waals surface area (Å²) in [6, 6.07) is 0. The van der Waals surface area contributed by atoms with E-state index in [2.05, 4.69) is 26.8 Å². The highest BCUT2D eigenvalue weighted by molar-refractivity contribution is 5.96. The van der Waals surface area contributed by atoms with E-state index < -0.39 is 6.10 Å². The van der Waals surface area contributed by atoms with Gasteiger partial charge in [0.25, 0.3) is 0 Å². The van der Waals surface area contributed by atoms with Crippen LogP contribution in [0.3, 0.4) is 0 Å². The van der Waals surface area contributed by atoms with Crippen LogP contribution < -0.4 is 0 Å². The average molecular weight is 292 g/mol. The fourth-order valence-electron chi connectivity index (χ4n) is 3.74. The number of hydrogen-bond donors (Lipinski definition) is 0. The zero-order valence-corrected chi connectivity index (χ0v) is 13.4. The molecule has 2 aliphatic heterocycles. The van der Waals surface area contributed by atoms with Gasteiger partial charge in [-0.2, -0.15) is 0 Å². The number of ketones is 1. The number of carbonyl (C=O) groups is 1. The normalized spacial score (nSPS) is 44.5. The molecule has 2 heterocycles. The van der Waals surface area contributed by atoms with Crippen molar-refractivity contribution in [1.29, 1.82) is 0 Å². The molecule has 5 atom stereocenters. The van der Waals surface area contributed by atoms with Gasteiger partial charge in [-0.25, -0.2) is 0 Å². The molecule has 0 N–H and O–H groups in total. The van der Waals surface area contributed by atoms with Crippen molar-refractivity contribution in [2.24, 2.45) is 5.92 Å².